The van der Waals surface area contributed by atoms with Gasteiger partial charge in [-0.25, -0.2) is 15.2 Å². The molecule has 1 aromatic heterocycles. The lowest BCUT2D eigenvalue weighted by Gasteiger charge is -2.00. The summed E-state index contributed by atoms with van der Waals surface area (Å²) in [5.74, 6) is 0. The zero-order valence-corrected chi connectivity index (χ0v) is 7.97. The minimum Gasteiger partial charge on any atom is -0.350 e. The van der Waals surface area contributed by atoms with E-state index in [1.54, 1.807) is 12.5 Å². The predicted octanol–water partition coefficient (Wildman–Crippen LogP) is 0.295. The zero-order valence-electron chi connectivity index (χ0n) is 7.97. The van der Waals surface area contributed by atoms with Gasteiger partial charge in [0.1, 0.15) is 0 Å². The maximum Gasteiger partial charge on any atom is 0.332 e. The number of aromatic nitrogens is 2. The Balaban J connectivity index is 2.61. The van der Waals surface area contributed by atoms with Crippen LogP contribution in [-0.2, 0) is 6.54 Å². The third-order valence-corrected chi connectivity index (χ3v) is 1.58. The van der Waals surface area contributed by atoms with Gasteiger partial charge in [0.2, 0.25) is 0 Å². The number of hydrogen-bond donors (Lipinski definition) is 2. The van der Waals surface area contributed by atoms with E-state index >= 15 is 0 Å². The molecule has 76 valence electrons. The number of amides is 2. The molecular formula is C8H13N5O. The Hall–Kier alpha value is -1.85. The van der Waals surface area contributed by atoms with Crippen molar-refractivity contribution in [2.24, 2.45) is 10.8 Å². The molecule has 6 nitrogen and oxygen atoms in total. The maximum atomic E-state index is 10.3. The second-order valence-electron chi connectivity index (χ2n) is 2.75. The molecule has 6 heteroatoms. The van der Waals surface area contributed by atoms with Gasteiger partial charge in [0.25, 0.3) is 0 Å². The summed E-state index contributed by atoms with van der Waals surface area (Å²) in [5, 5.41) is 3.65. The SMILES string of the molecule is CCCn1cncc1C=NNC(N)=O. The van der Waals surface area contributed by atoms with Crippen LogP contribution in [0.15, 0.2) is 17.6 Å². The van der Waals surface area contributed by atoms with E-state index in [1.807, 2.05) is 4.57 Å². The lowest BCUT2D eigenvalue weighted by Crippen LogP contribution is -2.24. The van der Waals surface area contributed by atoms with Gasteiger partial charge in [0.05, 0.1) is 24.4 Å². The minimum absolute atomic E-state index is 0.678. The van der Waals surface area contributed by atoms with Gasteiger partial charge >= 0.3 is 6.03 Å². The number of imidazole rings is 1. The van der Waals surface area contributed by atoms with Crippen LogP contribution >= 0.6 is 0 Å². The van der Waals surface area contributed by atoms with Crippen LogP contribution in [-0.4, -0.2) is 21.8 Å². The highest BCUT2D eigenvalue weighted by Gasteiger charge is 1.96. The van der Waals surface area contributed by atoms with E-state index < -0.39 is 6.03 Å². The van der Waals surface area contributed by atoms with E-state index in [4.69, 9.17) is 5.73 Å². The molecule has 0 saturated heterocycles. The molecule has 3 N–H and O–H groups in total. The number of nitrogens with one attached hydrogen (secondary N) is 1. The van der Waals surface area contributed by atoms with Crippen LogP contribution in [0.5, 0.6) is 0 Å². The van der Waals surface area contributed by atoms with E-state index in [1.165, 1.54) is 6.21 Å². The van der Waals surface area contributed by atoms with E-state index in [9.17, 15) is 4.79 Å². The van der Waals surface area contributed by atoms with Crippen LogP contribution in [0.1, 0.15) is 19.0 Å². The van der Waals surface area contributed by atoms with Gasteiger partial charge < -0.3 is 10.3 Å². The molecule has 0 aromatic carbocycles. The van der Waals surface area contributed by atoms with Crippen molar-refractivity contribution in [3.05, 3.63) is 18.2 Å². The first kappa shape index (κ1) is 10.2. The van der Waals surface area contributed by atoms with Gasteiger partial charge in [-0.05, 0) is 6.42 Å². The van der Waals surface area contributed by atoms with Crippen LogP contribution in [0.2, 0.25) is 0 Å². The summed E-state index contributed by atoms with van der Waals surface area (Å²) in [4.78, 5) is 14.3. The molecule has 1 rings (SSSR count). The fourth-order valence-electron chi connectivity index (χ4n) is 1.03. The van der Waals surface area contributed by atoms with Crippen molar-refractivity contribution in [2.75, 3.05) is 0 Å². The minimum atomic E-state index is -0.678. The quantitative estimate of drug-likeness (QED) is 0.534. The zero-order chi connectivity index (χ0) is 10.4. The number of rotatable bonds is 4. The van der Waals surface area contributed by atoms with Crippen molar-refractivity contribution < 1.29 is 4.79 Å². The largest absolute Gasteiger partial charge is 0.350 e. The van der Waals surface area contributed by atoms with Crippen molar-refractivity contribution in [1.82, 2.24) is 15.0 Å². The average molecular weight is 195 g/mol. The fourth-order valence-corrected chi connectivity index (χ4v) is 1.03. The molecule has 0 fully saturated rings. The number of hydrazone groups is 1. The highest BCUT2D eigenvalue weighted by molar-refractivity contribution is 5.79. The highest BCUT2D eigenvalue weighted by Crippen LogP contribution is 1.96. The number of primary amides is 1. The number of nitrogens with two attached hydrogens (primary N) is 1. The monoisotopic (exact) mass is 195 g/mol. The number of carbonyl (C=O) groups excluding carboxylic acids is 1. The summed E-state index contributed by atoms with van der Waals surface area (Å²) < 4.78 is 1.94. The maximum absolute atomic E-state index is 10.3. The summed E-state index contributed by atoms with van der Waals surface area (Å²) in [5.41, 5.74) is 7.80. The van der Waals surface area contributed by atoms with Crippen molar-refractivity contribution in [3.63, 3.8) is 0 Å². The molecule has 0 unspecified atom stereocenters. The summed E-state index contributed by atoms with van der Waals surface area (Å²) in [6.07, 6.45) is 5.91. The van der Waals surface area contributed by atoms with Crippen LogP contribution < -0.4 is 11.2 Å². The van der Waals surface area contributed by atoms with Crippen molar-refractivity contribution >= 4 is 12.2 Å². The Kier molecular flexibility index (Phi) is 3.66. The smallest absolute Gasteiger partial charge is 0.332 e. The normalized spacial score (nSPS) is 10.6. The Labute approximate surface area is 81.8 Å². The van der Waals surface area contributed by atoms with E-state index in [0.29, 0.717) is 0 Å². The van der Waals surface area contributed by atoms with Crippen LogP contribution in [0.4, 0.5) is 4.79 Å². The average Bonchev–Trinajstić information content (AvgIpc) is 2.53. The first-order valence-electron chi connectivity index (χ1n) is 4.32. The van der Waals surface area contributed by atoms with Crippen LogP contribution in [0, 0.1) is 0 Å². The summed E-state index contributed by atoms with van der Waals surface area (Å²) >= 11 is 0. The molecular weight excluding hydrogens is 182 g/mol. The van der Waals surface area contributed by atoms with Gasteiger partial charge in [-0.3, -0.25) is 0 Å². The standard InChI is InChI=1S/C8H13N5O/c1-2-3-13-6-10-4-7(13)5-11-12-8(9)14/h4-6H,2-3H2,1H3,(H3,9,12,14). The van der Waals surface area contributed by atoms with Gasteiger partial charge in [-0.15, -0.1) is 0 Å². The Morgan fingerprint density at radius 1 is 1.86 bits per heavy atom. The molecule has 0 aliphatic carbocycles. The second kappa shape index (κ2) is 5.00. The van der Waals surface area contributed by atoms with Crippen molar-refractivity contribution in [1.29, 1.82) is 0 Å². The first-order chi connectivity index (χ1) is 6.74. The molecule has 0 saturated carbocycles. The van der Waals surface area contributed by atoms with E-state index in [2.05, 4.69) is 22.4 Å². The first-order valence-corrected chi connectivity index (χ1v) is 4.32. The molecule has 0 spiro atoms. The molecule has 2 amide bonds. The number of urea groups is 1. The number of hydrogen-bond acceptors (Lipinski definition) is 3. The van der Waals surface area contributed by atoms with Gasteiger partial charge in [0.15, 0.2) is 0 Å². The lowest BCUT2D eigenvalue weighted by molar-refractivity contribution is 0.249. The molecule has 0 radical (unpaired) electrons. The molecule has 0 aliphatic heterocycles. The second-order valence-corrected chi connectivity index (χ2v) is 2.75. The molecule has 0 bridgehead atoms. The summed E-state index contributed by atoms with van der Waals surface area (Å²) in [6.45, 7) is 2.94. The number of carbonyl (C=O) groups is 1. The van der Waals surface area contributed by atoms with Gasteiger partial charge in [-0.2, -0.15) is 5.10 Å². The fraction of sp³-hybridized carbons (Fsp3) is 0.375. The van der Waals surface area contributed by atoms with E-state index in [-0.39, 0.29) is 0 Å². The molecule has 0 atom stereocenters. The third-order valence-electron chi connectivity index (χ3n) is 1.58. The van der Waals surface area contributed by atoms with Crippen molar-refractivity contribution in [3.8, 4) is 0 Å². The Morgan fingerprint density at radius 3 is 3.29 bits per heavy atom. The van der Waals surface area contributed by atoms with Gasteiger partial charge in [0, 0.05) is 6.54 Å². The van der Waals surface area contributed by atoms with Crippen LogP contribution in [0.3, 0.4) is 0 Å². The van der Waals surface area contributed by atoms with Gasteiger partial charge in [-0.1, -0.05) is 6.92 Å². The molecule has 14 heavy (non-hydrogen) atoms. The highest BCUT2D eigenvalue weighted by atomic mass is 16.2. The topological polar surface area (TPSA) is 85.3 Å². The molecule has 1 aromatic rings. The third kappa shape index (κ3) is 2.89. The predicted molar refractivity (Wildman–Crippen MR) is 52.8 cm³/mol. The number of nitrogens with zero attached hydrogens (tertiary/aromatic N) is 3. The van der Waals surface area contributed by atoms with Crippen LogP contribution in [0.25, 0.3) is 0 Å². The molecule has 1 heterocycles. The summed E-state index contributed by atoms with van der Waals surface area (Å²) in [6, 6.07) is -0.678. The Bertz CT molecular complexity index is 330. The molecule has 0 aliphatic rings. The Morgan fingerprint density at radius 2 is 2.64 bits per heavy atom. The van der Waals surface area contributed by atoms with Crippen molar-refractivity contribution in [2.45, 2.75) is 19.9 Å². The summed E-state index contributed by atoms with van der Waals surface area (Å²) in [7, 11) is 0. The van der Waals surface area contributed by atoms with E-state index in [0.717, 1.165) is 18.7 Å². The lowest BCUT2D eigenvalue weighted by atomic mass is 10.4. The number of aryl methyl sites for hydroxylation is 1.